The third-order valence-corrected chi connectivity index (χ3v) is 4.44. The summed E-state index contributed by atoms with van der Waals surface area (Å²) < 4.78 is 10.3. The van der Waals surface area contributed by atoms with Gasteiger partial charge >= 0.3 is 0 Å². The molecule has 1 N–H and O–H groups in total. The summed E-state index contributed by atoms with van der Waals surface area (Å²) in [6.45, 7) is 4.46. The second-order valence-corrected chi connectivity index (χ2v) is 5.82. The quantitative estimate of drug-likeness (QED) is 0.670. The highest BCUT2D eigenvalue weighted by atomic mass is 16.5. The molecule has 5 nitrogen and oxygen atoms in total. The number of aliphatic hydroxyl groups is 1. The van der Waals surface area contributed by atoms with Crippen molar-refractivity contribution in [3.8, 4) is 0 Å². The molecule has 2 aliphatic heterocycles. The molecule has 2 fully saturated rings. The monoisotopic (exact) mass is 272 g/mol. The average molecular weight is 272 g/mol. The molecule has 2 aliphatic rings. The van der Waals surface area contributed by atoms with Gasteiger partial charge in [-0.15, -0.1) is 0 Å². The first kappa shape index (κ1) is 15.2. The van der Waals surface area contributed by atoms with Crippen LogP contribution in [0.4, 0.5) is 0 Å². The topological polar surface area (TPSA) is 45.2 Å². The molecular formula is C14H28N2O3. The lowest BCUT2D eigenvalue weighted by Crippen LogP contribution is -2.41. The van der Waals surface area contributed by atoms with Crippen molar-refractivity contribution in [2.24, 2.45) is 0 Å². The van der Waals surface area contributed by atoms with Crippen LogP contribution in [0.15, 0.2) is 0 Å². The van der Waals surface area contributed by atoms with Crippen molar-refractivity contribution in [1.29, 1.82) is 0 Å². The van der Waals surface area contributed by atoms with Gasteiger partial charge in [-0.1, -0.05) is 0 Å². The molecular weight excluding hydrogens is 244 g/mol. The van der Waals surface area contributed by atoms with E-state index in [0.29, 0.717) is 25.9 Å². The summed E-state index contributed by atoms with van der Waals surface area (Å²) in [7, 11) is 3.90. The number of β-amino-alcohol motifs (C(OH)–C–C–N with tert-alkyl or cyclic N) is 1. The third-order valence-electron chi connectivity index (χ3n) is 4.44. The second-order valence-electron chi connectivity index (χ2n) is 5.82. The highest BCUT2D eigenvalue weighted by Crippen LogP contribution is 2.28. The maximum atomic E-state index is 10.0. The highest BCUT2D eigenvalue weighted by Gasteiger charge is 2.34. The van der Waals surface area contributed by atoms with Crippen LogP contribution in [0.2, 0.25) is 0 Å². The maximum absolute atomic E-state index is 10.0. The van der Waals surface area contributed by atoms with Crippen molar-refractivity contribution < 1.29 is 14.6 Å². The van der Waals surface area contributed by atoms with E-state index in [1.54, 1.807) is 7.11 Å². The normalized spacial score (nSPS) is 30.5. The summed E-state index contributed by atoms with van der Waals surface area (Å²) in [5.41, 5.74) is 0. The summed E-state index contributed by atoms with van der Waals surface area (Å²) in [6.07, 6.45) is 3.49. The molecule has 0 radical (unpaired) electrons. The molecule has 2 heterocycles. The molecule has 112 valence electrons. The Morgan fingerprint density at radius 3 is 2.79 bits per heavy atom. The number of ether oxygens (including phenoxy) is 2. The van der Waals surface area contributed by atoms with Crippen LogP contribution in [0, 0.1) is 0 Å². The Kier molecular flexibility index (Phi) is 6.04. The van der Waals surface area contributed by atoms with E-state index >= 15 is 0 Å². The van der Waals surface area contributed by atoms with Gasteiger partial charge in [0.1, 0.15) is 0 Å². The number of aliphatic hydroxyl groups excluding tert-OH is 1. The first-order chi connectivity index (χ1) is 9.20. The summed E-state index contributed by atoms with van der Waals surface area (Å²) in [5.74, 6) is 0. The van der Waals surface area contributed by atoms with E-state index < -0.39 is 6.10 Å². The molecule has 2 bridgehead atoms. The standard InChI is InChI=1S/C14H28N2O3/c1-15-12-3-4-13(15)9-16(6-5-12)10-14(17)11-19-8-7-18-2/h12-14,17H,3-11H2,1-2H3. The van der Waals surface area contributed by atoms with Crippen LogP contribution in [-0.2, 0) is 9.47 Å². The number of likely N-dealkylation sites (tertiary alicyclic amines) is 1. The molecule has 0 spiro atoms. The fraction of sp³-hybridized carbons (Fsp3) is 1.00. The fourth-order valence-electron chi connectivity index (χ4n) is 3.26. The van der Waals surface area contributed by atoms with E-state index in [1.807, 2.05) is 0 Å². The van der Waals surface area contributed by atoms with Crippen LogP contribution >= 0.6 is 0 Å². The lowest BCUT2D eigenvalue weighted by Gasteiger charge is -2.27. The number of rotatable bonds is 7. The molecule has 2 rings (SSSR count). The predicted octanol–water partition coefficient (Wildman–Crippen LogP) is 0.179. The number of hydrogen-bond acceptors (Lipinski definition) is 5. The Bertz CT molecular complexity index is 265. The Morgan fingerprint density at radius 2 is 2.00 bits per heavy atom. The van der Waals surface area contributed by atoms with E-state index in [4.69, 9.17) is 9.47 Å². The van der Waals surface area contributed by atoms with Crippen LogP contribution in [0.25, 0.3) is 0 Å². The molecule has 0 aliphatic carbocycles. The van der Waals surface area contributed by atoms with E-state index in [1.165, 1.54) is 19.3 Å². The molecule has 19 heavy (non-hydrogen) atoms. The summed E-state index contributed by atoms with van der Waals surface area (Å²) in [4.78, 5) is 4.92. The number of hydrogen-bond donors (Lipinski definition) is 1. The summed E-state index contributed by atoms with van der Waals surface area (Å²) in [5, 5.41) is 10.0. The van der Waals surface area contributed by atoms with E-state index in [9.17, 15) is 5.11 Å². The van der Waals surface area contributed by atoms with Crippen molar-refractivity contribution in [2.75, 3.05) is 53.6 Å². The maximum Gasteiger partial charge on any atom is 0.0900 e. The molecule has 3 unspecified atom stereocenters. The zero-order chi connectivity index (χ0) is 13.7. The van der Waals surface area contributed by atoms with Crippen LogP contribution in [0.3, 0.4) is 0 Å². The van der Waals surface area contributed by atoms with Crippen LogP contribution < -0.4 is 0 Å². The molecule has 0 aromatic heterocycles. The van der Waals surface area contributed by atoms with Crippen molar-refractivity contribution in [3.05, 3.63) is 0 Å². The Balaban J connectivity index is 1.68. The molecule has 0 saturated carbocycles. The minimum atomic E-state index is -0.390. The van der Waals surface area contributed by atoms with Gasteiger partial charge in [0.15, 0.2) is 0 Å². The van der Waals surface area contributed by atoms with Crippen molar-refractivity contribution in [2.45, 2.75) is 37.5 Å². The smallest absolute Gasteiger partial charge is 0.0900 e. The van der Waals surface area contributed by atoms with Crippen LogP contribution in [0.1, 0.15) is 19.3 Å². The third kappa shape index (κ3) is 4.39. The first-order valence-electron chi connectivity index (χ1n) is 7.39. The Hall–Kier alpha value is -0.200. The van der Waals surface area contributed by atoms with Gasteiger partial charge in [-0.05, 0) is 32.9 Å². The van der Waals surface area contributed by atoms with Crippen molar-refractivity contribution in [1.82, 2.24) is 9.80 Å². The van der Waals surface area contributed by atoms with E-state index in [2.05, 4.69) is 16.8 Å². The van der Waals surface area contributed by atoms with Crippen molar-refractivity contribution >= 4 is 0 Å². The predicted molar refractivity (Wildman–Crippen MR) is 74.3 cm³/mol. The minimum Gasteiger partial charge on any atom is -0.389 e. The van der Waals surface area contributed by atoms with Gasteiger partial charge < -0.3 is 14.6 Å². The van der Waals surface area contributed by atoms with Gasteiger partial charge in [0.2, 0.25) is 0 Å². The number of fused-ring (bicyclic) bond motifs is 2. The SMILES string of the molecule is COCCOCC(O)CN1CCC2CCC(C1)N2C. The average Bonchev–Trinajstić information content (AvgIpc) is 2.63. The number of likely N-dealkylation sites (N-methyl/N-ethyl adjacent to an activating group) is 1. The van der Waals surface area contributed by atoms with E-state index in [0.717, 1.165) is 25.7 Å². The van der Waals surface area contributed by atoms with Gasteiger partial charge in [-0.25, -0.2) is 0 Å². The van der Waals surface area contributed by atoms with Gasteiger partial charge in [0, 0.05) is 32.3 Å². The van der Waals surface area contributed by atoms with Crippen molar-refractivity contribution in [3.63, 3.8) is 0 Å². The van der Waals surface area contributed by atoms with Gasteiger partial charge in [-0.3, -0.25) is 9.80 Å². The molecule has 2 saturated heterocycles. The van der Waals surface area contributed by atoms with Crippen LogP contribution in [-0.4, -0.2) is 86.7 Å². The Morgan fingerprint density at radius 1 is 1.21 bits per heavy atom. The molecule has 0 aromatic rings. The van der Waals surface area contributed by atoms with E-state index in [-0.39, 0.29) is 0 Å². The molecule has 0 amide bonds. The van der Waals surface area contributed by atoms with Gasteiger partial charge in [0.25, 0.3) is 0 Å². The second kappa shape index (κ2) is 7.55. The van der Waals surface area contributed by atoms with Gasteiger partial charge in [-0.2, -0.15) is 0 Å². The van der Waals surface area contributed by atoms with Gasteiger partial charge in [0.05, 0.1) is 25.9 Å². The molecule has 3 atom stereocenters. The summed E-state index contributed by atoms with van der Waals surface area (Å²) in [6, 6.07) is 1.43. The first-order valence-corrected chi connectivity index (χ1v) is 7.39. The zero-order valence-corrected chi connectivity index (χ0v) is 12.3. The lowest BCUT2D eigenvalue weighted by molar-refractivity contribution is -0.00136. The molecule has 5 heteroatoms. The summed E-state index contributed by atoms with van der Waals surface area (Å²) >= 11 is 0. The zero-order valence-electron chi connectivity index (χ0n) is 12.3. The minimum absolute atomic E-state index is 0.390. The van der Waals surface area contributed by atoms with Crippen LogP contribution in [0.5, 0.6) is 0 Å². The Labute approximate surface area is 116 Å². The highest BCUT2D eigenvalue weighted by molar-refractivity contribution is 4.91. The number of nitrogens with zero attached hydrogens (tertiary/aromatic N) is 2. The number of methoxy groups -OCH3 is 1. The fourth-order valence-corrected chi connectivity index (χ4v) is 3.26. The lowest BCUT2D eigenvalue weighted by atomic mass is 10.1. The largest absolute Gasteiger partial charge is 0.389 e. The molecule has 0 aromatic carbocycles.